The van der Waals surface area contributed by atoms with E-state index in [1.54, 1.807) is 0 Å². The minimum absolute atomic E-state index is 0. The Labute approximate surface area is 201 Å². The van der Waals surface area contributed by atoms with E-state index in [2.05, 4.69) is 11.1 Å². The maximum atomic E-state index is 10.2. The molecule has 1 N–H and O–H groups in total. The normalized spacial score (nSPS) is 12.7. The summed E-state index contributed by atoms with van der Waals surface area (Å²) in [7, 11) is -4.75. The van der Waals surface area contributed by atoms with Gasteiger partial charge in [-0.1, -0.05) is 103 Å². The van der Waals surface area contributed by atoms with E-state index in [1.807, 2.05) is 0 Å². The molecular formula is C21H43NaO6S. The van der Waals surface area contributed by atoms with Gasteiger partial charge in [0.25, 0.3) is 0 Å². The van der Waals surface area contributed by atoms with Crippen LogP contribution in [0.3, 0.4) is 0 Å². The molecule has 170 valence electrons. The number of hydrogen-bond donors (Lipinski definition) is 1. The molecular weight excluding hydrogens is 403 g/mol. The van der Waals surface area contributed by atoms with Gasteiger partial charge < -0.3 is 14.4 Å². The van der Waals surface area contributed by atoms with E-state index in [9.17, 15) is 18.1 Å². The Morgan fingerprint density at radius 3 is 1.48 bits per heavy atom. The third kappa shape index (κ3) is 28.8. The molecule has 0 amide bonds. The molecule has 0 saturated carbocycles. The van der Waals surface area contributed by atoms with Crippen molar-refractivity contribution in [3.63, 3.8) is 0 Å². The minimum Gasteiger partial charge on any atom is -0.726 e. The van der Waals surface area contributed by atoms with Crippen LogP contribution < -0.4 is 29.6 Å². The summed E-state index contributed by atoms with van der Waals surface area (Å²) in [6.45, 7) is 2.22. The quantitative estimate of drug-likeness (QED) is 0.118. The fourth-order valence-corrected chi connectivity index (χ4v) is 3.51. The summed E-state index contributed by atoms with van der Waals surface area (Å²) in [6, 6.07) is 0. The van der Waals surface area contributed by atoms with Crippen molar-refractivity contribution in [3.8, 4) is 0 Å². The minimum atomic E-state index is -4.75. The summed E-state index contributed by atoms with van der Waals surface area (Å²) in [6.07, 6.45) is 19.9. The monoisotopic (exact) mass is 446 g/mol. The molecule has 1 unspecified atom stereocenters. The summed E-state index contributed by atoms with van der Waals surface area (Å²) in [4.78, 5) is 0. The van der Waals surface area contributed by atoms with E-state index >= 15 is 0 Å². The molecule has 0 aliphatic rings. The zero-order valence-corrected chi connectivity index (χ0v) is 21.7. The Kier molecular flexibility index (Phi) is 25.9. The molecule has 0 aromatic rings. The van der Waals surface area contributed by atoms with Crippen LogP contribution in [-0.2, 0) is 19.3 Å². The van der Waals surface area contributed by atoms with E-state index in [4.69, 9.17) is 4.74 Å². The van der Waals surface area contributed by atoms with Crippen LogP contribution in [0.25, 0.3) is 0 Å². The van der Waals surface area contributed by atoms with E-state index in [1.165, 1.54) is 89.9 Å². The third-order valence-electron chi connectivity index (χ3n) is 4.86. The maximum Gasteiger partial charge on any atom is 1.00 e. The predicted octanol–water partition coefficient (Wildman–Crippen LogP) is 2.11. The molecule has 0 aliphatic carbocycles. The van der Waals surface area contributed by atoms with Crippen LogP contribution in [0.2, 0.25) is 0 Å². The molecule has 0 fully saturated rings. The van der Waals surface area contributed by atoms with Crippen LogP contribution in [0.4, 0.5) is 0 Å². The maximum absolute atomic E-state index is 10.2. The Morgan fingerprint density at radius 2 is 1.10 bits per heavy atom. The van der Waals surface area contributed by atoms with E-state index in [-0.39, 0.29) is 36.2 Å². The van der Waals surface area contributed by atoms with Gasteiger partial charge >= 0.3 is 29.6 Å². The smallest absolute Gasteiger partial charge is 0.726 e. The van der Waals surface area contributed by atoms with Crippen molar-refractivity contribution in [1.82, 2.24) is 0 Å². The Bertz CT molecular complexity index is 419. The molecule has 0 aliphatic heterocycles. The van der Waals surface area contributed by atoms with Gasteiger partial charge in [0.15, 0.2) is 0 Å². The fraction of sp³-hybridized carbons (Fsp3) is 1.00. The molecule has 0 heterocycles. The molecule has 0 rings (SSSR count). The predicted molar refractivity (Wildman–Crippen MR) is 112 cm³/mol. The second-order valence-electron chi connectivity index (χ2n) is 7.72. The molecule has 8 heteroatoms. The molecule has 6 nitrogen and oxygen atoms in total. The fourth-order valence-electron chi connectivity index (χ4n) is 3.18. The van der Waals surface area contributed by atoms with Gasteiger partial charge in [0.05, 0.1) is 13.2 Å². The number of aliphatic hydroxyl groups is 1. The first-order valence-corrected chi connectivity index (χ1v) is 12.6. The van der Waals surface area contributed by atoms with E-state index < -0.39 is 23.1 Å². The summed E-state index contributed by atoms with van der Waals surface area (Å²) < 4.78 is 40.0. The van der Waals surface area contributed by atoms with Crippen LogP contribution in [0, 0.1) is 0 Å². The van der Waals surface area contributed by atoms with Crippen molar-refractivity contribution in [2.45, 2.75) is 116 Å². The average Bonchev–Trinajstić information content (AvgIpc) is 2.65. The van der Waals surface area contributed by atoms with Crippen molar-refractivity contribution >= 4 is 10.4 Å². The Hall–Kier alpha value is 0.790. The van der Waals surface area contributed by atoms with Gasteiger partial charge in [0, 0.05) is 6.61 Å². The molecule has 1 atom stereocenters. The molecule has 0 aromatic carbocycles. The van der Waals surface area contributed by atoms with Crippen LogP contribution in [0.15, 0.2) is 0 Å². The summed E-state index contributed by atoms with van der Waals surface area (Å²) in [5.74, 6) is 0. The molecule has 0 spiro atoms. The number of ether oxygens (including phenoxy) is 1. The number of aliphatic hydroxyl groups excluding tert-OH is 1. The van der Waals surface area contributed by atoms with Gasteiger partial charge in [0.1, 0.15) is 6.10 Å². The van der Waals surface area contributed by atoms with E-state index in [0.29, 0.717) is 6.61 Å². The average molecular weight is 447 g/mol. The number of hydrogen-bond acceptors (Lipinski definition) is 6. The largest absolute Gasteiger partial charge is 1.00 e. The standard InChI is InChI=1S/C21H44O6S.Na/c1-2-3-4-5-6-7-8-9-10-11-12-13-14-15-16-17-18-26-19-21(22)20-27-28(23,24)25;/h21-22H,2-20H2,1H3,(H,23,24,25);/q;+1/p-1. The van der Waals surface area contributed by atoms with Crippen molar-refractivity contribution in [3.05, 3.63) is 0 Å². The van der Waals surface area contributed by atoms with Crippen molar-refractivity contribution in [1.29, 1.82) is 0 Å². The zero-order chi connectivity index (χ0) is 20.9. The Morgan fingerprint density at radius 1 is 0.724 bits per heavy atom. The number of unbranched alkanes of at least 4 members (excludes halogenated alkanes) is 15. The van der Waals surface area contributed by atoms with Crippen LogP contribution in [0.1, 0.15) is 110 Å². The van der Waals surface area contributed by atoms with Crippen LogP contribution in [-0.4, -0.2) is 44.0 Å². The van der Waals surface area contributed by atoms with Crippen molar-refractivity contribution < 1.29 is 56.6 Å². The third-order valence-corrected chi connectivity index (χ3v) is 5.28. The first kappa shape index (κ1) is 32.0. The topological polar surface area (TPSA) is 95.9 Å². The molecule has 29 heavy (non-hydrogen) atoms. The summed E-state index contributed by atoms with van der Waals surface area (Å²) in [5, 5.41) is 9.39. The van der Waals surface area contributed by atoms with Crippen molar-refractivity contribution in [2.75, 3.05) is 19.8 Å². The van der Waals surface area contributed by atoms with Gasteiger partial charge in [-0.25, -0.2) is 8.42 Å². The second kappa shape index (κ2) is 23.5. The first-order chi connectivity index (χ1) is 13.5. The molecule has 0 bridgehead atoms. The first-order valence-electron chi connectivity index (χ1n) is 11.3. The molecule has 0 aromatic heterocycles. The van der Waals surface area contributed by atoms with Gasteiger partial charge in [-0.15, -0.1) is 0 Å². The van der Waals surface area contributed by atoms with Gasteiger partial charge in [-0.2, -0.15) is 0 Å². The van der Waals surface area contributed by atoms with Gasteiger partial charge in [0.2, 0.25) is 10.4 Å². The van der Waals surface area contributed by atoms with E-state index in [0.717, 1.165) is 12.8 Å². The SMILES string of the molecule is CCCCCCCCCCCCCCCCCCOCC(O)COS(=O)(=O)[O-].[Na+]. The van der Waals surface area contributed by atoms with Crippen LogP contribution >= 0.6 is 0 Å². The van der Waals surface area contributed by atoms with Gasteiger partial charge in [-0.05, 0) is 6.42 Å². The van der Waals surface area contributed by atoms with Gasteiger partial charge in [-0.3, -0.25) is 4.18 Å². The summed E-state index contributed by atoms with van der Waals surface area (Å²) >= 11 is 0. The molecule has 0 saturated heterocycles. The van der Waals surface area contributed by atoms with Crippen LogP contribution in [0.5, 0.6) is 0 Å². The Balaban J connectivity index is 0. The number of rotatable bonds is 22. The zero-order valence-electron chi connectivity index (χ0n) is 18.9. The van der Waals surface area contributed by atoms with Crippen molar-refractivity contribution in [2.24, 2.45) is 0 Å². The molecule has 0 radical (unpaired) electrons. The second-order valence-corrected chi connectivity index (χ2v) is 8.78. The summed E-state index contributed by atoms with van der Waals surface area (Å²) in [5.41, 5.74) is 0.